The number of nitrogens with zero attached hydrogens (tertiary/aromatic N) is 2. The summed E-state index contributed by atoms with van der Waals surface area (Å²) in [5.41, 5.74) is 2.37. The maximum atomic E-state index is 12.8. The first-order valence-corrected chi connectivity index (χ1v) is 10.5. The Hall–Kier alpha value is -1.69. The number of carbonyl (C=O) groups excluding carboxylic acids is 2. The number of likely N-dealkylation sites (N-methyl/N-ethyl adjacent to an activating group) is 1. The molecule has 1 aliphatic rings. The quantitative estimate of drug-likeness (QED) is 0.750. The van der Waals surface area contributed by atoms with Gasteiger partial charge in [-0.1, -0.05) is 43.7 Å². The van der Waals surface area contributed by atoms with Crippen molar-refractivity contribution in [2.24, 2.45) is 0 Å². The van der Waals surface area contributed by atoms with Gasteiger partial charge in [0.2, 0.25) is 5.91 Å². The van der Waals surface area contributed by atoms with Gasteiger partial charge < -0.3 is 15.1 Å². The second-order valence-electron chi connectivity index (χ2n) is 6.64. The topological polar surface area (TPSA) is 52.7 Å². The lowest BCUT2D eigenvalue weighted by Gasteiger charge is -2.28. The third-order valence-corrected chi connectivity index (χ3v) is 6.32. The van der Waals surface area contributed by atoms with Crippen LogP contribution >= 0.6 is 11.8 Å². The number of rotatable bonds is 8. The molecule has 1 saturated heterocycles. The molecule has 0 aromatic heterocycles. The van der Waals surface area contributed by atoms with Crippen LogP contribution in [0.4, 0.5) is 4.79 Å². The second kappa shape index (κ2) is 9.86. The highest BCUT2D eigenvalue weighted by Crippen LogP contribution is 2.43. The van der Waals surface area contributed by atoms with Gasteiger partial charge in [-0.25, -0.2) is 4.79 Å². The normalized spacial score (nSPS) is 19.7. The van der Waals surface area contributed by atoms with E-state index in [9.17, 15) is 9.59 Å². The van der Waals surface area contributed by atoms with E-state index in [0.29, 0.717) is 26.2 Å². The van der Waals surface area contributed by atoms with Gasteiger partial charge in [0.1, 0.15) is 5.37 Å². The Labute approximate surface area is 161 Å². The molecule has 0 aliphatic carbocycles. The molecule has 5 nitrogen and oxygen atoms in total. The third-order valence-electron chi connectivity index (χ3n) is 4.67. The van der Waals surface area contributed by atoms with E-state index in [2.05, 4.69) is 43.4 Å². The summed E-state index contributed by atoms with van der Waals surface area (Å²) in [6.07, 6.45) is 1.75. The number of aryl methyl sites for hydroxylation is 1. The monoisotopic (exact) mass is 377 g/mol. The van der Waals surface area contributed by atoms with Crippen LogP contribution in [-0.4, -0.2) is 53.2 Å². The maximum absolute atomic E-state index is 12.8. The lowest BCUT2D eigenvalue weighted by molar-refractivity contribution is -0.130. The van der Waals surface area contributed by atoms with Crippen molar-refractivity contribution in [2.45, 2.75) is 51.2 Å². The van der Waals surface area contributed by atoms with Gasteiger partial charge in [-0.2, -0.15) is 0 Å². The minimum atomic E-state index is -0.0485. The Kier molecular flexibility index (Phi) is 7.82. The van der Waals surface area contributed by atoms with Crippen molar-refractivity contribution in [3.05, 3.63) is 35.4 Å². The molecular formula is C20H31N3O2S. The van der Waals surface area contributed by atoms with Crippen LogP contribution in [0.1, 0.15) is 50.1 Å². The molecule has 1 fully saturated rings. The fraction of sp³-hybridized carbons (Fsp3) is 0.600. The number of amides is 3. The molecule has 2 unspecified atom stereocenters. The van der Waals surface area contributed by atoms with Gasteiger partial charge in [-0.15, -0.1) is 11.8 Å². The minimum absolute atomic E-state index is 0.00491. The predicted octanol–water partition coefficient (Wildman–Crippen LogP) is 3.79. The zero-order valence-electron chi connectivity index (χ0n) is 16.3. The Morgan fingerprint density at radius 2 is 1.92 bits per heavy atom. The Morgan fingerprint density at radius 3 is 2.50 bits per heavy atom. The molecule has 2 rings (SSSR count). The lowest BCUT2D eigenvalue weighted by Crippen LogP contribution is -2.45. The smallest absolute Gasteiger partial charge is 0.317 e. The molecule has 1 aromatic rings. The standard InChI is InChI=1S/C20H31N3O2S/c1-5-12-21-20(25)22(7-3)13-14-23-18(24)17(6-2)26-19(23)16-10-8-15(4)9-11-16/h8-11,17,19H,5-7,12-14H2,1-4H3,(H,21,25). The molecule has 144 valence electrons. The van der Waals surface area contributed by atoms with E-state index >= 15 is 0 Å². The van der Waals surface area contributed by atoms with Gasteiger partial charge in [-0.3, -0.25) is 4.79 Å². The number of urea groups is 1. The van der Waals surface area contributed by atoms with E-state index in [0.717, 1.165) is 18.4 Å². The average Bonchev–Trinajstić information content (AvgIpc) is 2.97. The molecule has 0 spiro atoms. The molecular weight excluding hydrogens is 346 g/mol. The summed E-state index contributed by atoms with van der Waals surface area (Å²) in [7, 11) is 0. The summed E-state index contributed by atoms with van der Waals surface area (Å²) in [6.45, 7) is 10.6. The number of benzene rings is 1. The molecule has 3 amide bonds. The molecule has 26 heavy (non-hydrogen) atoms. The van der Waals surface area contributed by atoms with Gasteiger partial charge in [0.15, 0.2) is 0 Å². The summed E-state index contributed by atoms with van der Waals surface area (Å²) in [5.74, 6) is 0.188. The molecule has 0 radical (unpaired) electrons. The fourth-order valence-electron chi connectivity index (χ4n) is 3.05. The summed E-state index contributed by atoms with van der Waals surface area (Å²) in [6, 6.07) is 8.35. The summed E-state index contributed by atoms with van der Waals surface area (Å²) < 4.78 is 0. The van der Waals surface area contributed by atoms with Crippen molar-refractivity contribution in [3.8, 4) is 0 Å². The summed E-state index contributed by atoms with van der Waals surface area (Å²) >= 11 is 1.72. The molecule has 1 N–H and O–H groups in total. The maximum Gasteiger partial charge on any atom is 0.317 e. The van der Waals surface area contributed by atoms with E-state index in [1.165, 1.54) is 5.56 Å². The molecule has 1 aromatic carbocycles. The predicted molar refractivity (Wildman–Crippen MR) is 108 cm³/mol. The van der Waals surface area contributed by atoms with E-state index in [1.54, 1.807) is 16.7 Å². The van der Waals surface area contributed by atoms with Crippen molar-refractivity contribution >= 4 is 23.7 Å². The van der Waals surface area contributed by atoms with Crippen molar-refractivity contribution in [3.63, 3.8) is 0 Å². The molecule has 0 saturated carbocycles. The molecule has 1 heterocycles. The zero-order chi connectivity index (χ0) is 19.1. The van der Waals surface area contributed by atoms with Crippen LogP contribution in [0.5, 0.6) is 0 Å². The van der Waals surface area contributed by atoms with Gasteiger partial charge in [-0.05, 0) is 32.3 Å². The molecule has 0 bridgehead atoms. The average molecular weight is 378 g/mol. The minimum Gasteiger partial charge on any atom is -0.338 e. The number of thioether (sulfide) groups is 1. The van der Waals surface area contributed by atoms with E-state index in [-0.39, 0.29) is 22.6 Å². The molecule has 2 atom stereocenters. The first-order valence-electron chi connectivity index (χ1n) is 9.57. The van der Waals surface area contributed by atoms with Crippen molar-refractivity contribution in [2.75, 3.05) is 26.2 Å². The Morgan fingerprint density at radius 1 is 1.23 bits per heavy atom. The van der Waals surface area contributed by atoms with Crippen LogP contribution in [0.2, 0.25) is 0 Å². The second-order valence-corrected chi connectivity index (χ2v) is 7.93. The van der Waals surface area contributed by atoms with Crippen LogP contribution in [0.3, 0.4) is 0 Å². The number of nitrogens with one attached hydrogen (secondary N) is 1. The largest absolute Gasteiger partial charge is 0.338 e. The van der Waals surface area contributed by atoms with Crippen LogP contribution in [-0.2, 0) is 4.79 Å². The number of hydrogen-bond acceptors (Lipinski definition) is 3. The van der Waals surface area contributed by atoms with Crippen molar-refractivity contribution in [1.29, 1.82) is 0 Å². The lowest BCUT2D eigenvalue weighted by atomic mass is 10.1. The van der Waals surface area contributed by atoms with Crippen LogP contribution in [0.15, 0.2) is 24.3 Å². The third kappa shape index (κ3) is 4.93. The summed E-state index contributed by atoms with van der Waals surface area (Å²) in [4.78, 5) is 28.8. The first-order chi connectivity index (χ1) is 12.5. The molecule has 1 aliphatic heterocycles. The zero-order valence-corrected chi connectivity index (χ0v) is 17.1. The van der Waals surface area contributed by atoms with Gasteiger partial charge in [0.05, 0.1) is 5.25 Å². The van der Waals surface area contributed by atoms with Gasteiger partial charge in [0, 0.05) is 26.2 Å². The van der Waals surface area contributed by atoms with Crippen molar-refractivity contribution < 1.29 is 9.59 Å². The summed E-state index contributed by atoms with van der Waals surface area (Å²) in [5, 5.41) is 2.96. The highest BCUT2D eigenvalue weighted by molar-refractivity contribution is 8.01. The highest BCUT2D eigenvalue weighted by Gasteiger charge is 2.39. The fourth-order valence-corrected chi connectivity index (χ4v) is 4.48. The number of carbonyl (C=O) groups is 2. The van der Waals surface area contributed by atoms with Crippen LogP contribution in [0.25, 0.3) is 0 Å². The van der Waals surface area contributed by atoms with Crippen LogP contribution < -0.4 is 5.32 Å². The van der Waals surface area contributed by atoms with Crippen LogP contribution in [0, 0.1) is 6.92 Å². The van der Waals surface area contributed by atoms with E-state index in [1.807, 2.05) is 18.7 Å². The van der Waals surface area contributed by atoms with E-state index < -0.39 is 0 Å². The SMILES string of the molecule is CCCNC(=O)N(CC)CCN1C(=O)C(CC)SC1c1ccc(C)cc1. The van der Waals surface area contributed by atoms with Gasteiger partial charge >= 0.3 is 6.03 Å². The van der Waals surface area contributed by atoms with Crippen molar-refractivity contribution in [1.82, 2.24) is 15.1 Å². The Balaban J connectivity index is 2.08. The Bertz CT molecular complexity index is 606. The first kappa shape index (κ1) is 20.6. The van der Waals surface area contributed by atoms with E-state index in [4.69, 9.17) is 0 Å². The number of hydrogen-bond donors (Lipinski definition) is 1. The highest BCUT2D eigenvalue weighted by atomic mass is 32.2. The molecule has 6 heteroatoms. The van der Waals surface area contributed by atoms with Gasteiger partial charge in [0.25, 0.3) is 0 Å².